The zero-order chi connectivity index (χ0) is 11.5. The zero-order valence-electron chi connectivity index (χ0n) is 8.74. The topological polar surface area (TPSA) is 63.8 Å². The Bertz CT molecular complexity index is 513. The Morgan fingerprint density at radius 2 is 2.00 bits per heavy atom. The minimum absolute atomic E-state index is 0.271. The van der Waals surface area contributed by atoms with E-state index in [1.165, 1.54) is 18.3 Å². The van der Waals surface area contributed by atoms with Gasteiger partial charge in [0.25, 0.3) is 0 Å². The van der Waals surface area contributed by atoms with Crippen molar-refractivity contribution < 1.29 is 4.39 Å². The first kappa shape index (κ1) is 10.5. The number of hydrogen-bond acceptors (Lipinski definition) is 4. The molecule has 3 N–H and O–H groups in total. The smallest absolute Gasteiger partial charge is 0.166 e. The van der Waals surface area contributed by atoms with Crippen LogP contribution in [0.4, 0.5) is 10.2 Å². The van der Waals surface area contributed by atoms with Gasteiger partial charge in [0.15, 0.2) is 5.82 Å². The van der Waals surface area contributed by atoms with Crippen LogP contribution in [0.1, 0.15) is 5.56 Å². The number of nitrogens with one attached hydrogen (secondary N) is 1. The number of rotatable bonds is 2. The molecule has 2 aromatic rings. The molecule has 0 spiro atoms. The maximum atomic E-state index is 13.0. The Morgan fingerprint density at radius 1 is 1.25 bits per heavy atom. The molecule has 5 heteroatoms. The molecule has 0 radical (unpaired) electrons. The van der Waals surface area contributed by atoms with Crippen LogP contribution in [-0.2, 0) is 0 Å². The number of nitrogens with two attached hydrogens (primary N) is 1. The lowest BCUT2D eigenvalue weighted by atomic mass is 10.1. The number of aromatic nitrogens is 2. The third kappa shape index (κ3) is 1.85. The fourth-order valence-electron chi connectivity index (χ4n) is 1.53. The van der Waals surface area contributed by atoms with Crippen molar-refractivity contribution in [3.8, 4) is 11.3 Å². The highest BCUT2D eigenvalue weighted by atomic mass is 19.1. The summed E-state index contributed by atoms with van der Waals surface area (Å²) in [6, 6.07) is 4.50. The molecule has 0 saturated carbocycles. The Hall–Kier alpha value is -2.01. The van der Waals surface area contributed by atoms with Gasteiger partial charge < -0.3 is 5.43 Å². The van der Waals surface area contributed by atoms with Crippen LogP contribution >= 0.6 is 0 Å². The molecule has 0 amide bonds. The molecule has 0 unspecified atom stereocenters. The van der Waals surface area contributed by atoms with Gasteiger partial charge in [-0.3, -0.25) is 4.98 Å². The second kappa shape index (κ2) is 4.24. The summed E-state index contributed by atoms with van der Waals surface area (Å²) in [6.45, 7) is 1.81. The first-order valence-electron chi connectivity index (χ1n) is 4.76. The summed E-state index contributed by atoms with van der Waals surface area (Å²) in [7, 11) is 0. The second-order valence-electron chi connectivity index (χ2n) is 3.36. The molecule has 1 heterocycles. The van der Waals surface area contributed by atoms with Crippen LogP contribution in [0.25, 0.3) is 11.3 Å². The predicted octanol–water partition coefficient (Wildman–Crippen LogP) is 1.88. The van der Waals surface area contributed by atoms with Gasteiger partial charge >= 0.3 is 0 Å². The maximum absolute atomic E-state index is 13.0. The number of nitrogen functional groups attached to an aromatic ring is 1. The van der Waals surface area contributed by atoms with E-state index in [0.29, 0.717) is 11.5 Å². The summed E-state index contributed by atoms with van der Waals surface area (Å²) < 4.78 is 13.0. The molecule has 82 valence electrons. The Morgan fingerprint density at radius 3 is 2.69 bits per heavy atom. The summed E-state index contributed by atoms with van der Waals surface area (Å²) in [6.07, 6.45) is 3.11. The van der Waals surface area contributed by atoms with Crippen LogP contribution in [0.5, 0.6) is 0 Å². The average Bonchev–Trinajstić information content (AvgIpc) is 2.29. The molecule has 1 aromatic carbocycles. The van der Waals surface area contributed by atoms with Crippen LogP contribution in [0.3, 0.4) is 0 Å². The van der Waals surface area contributed by atoms with Gasteiger partial charge in [-0.2, -0.15) is 0 Å². The molecule has 16 heavy (non-hydrogen) atoms. The van der Waals surface area contributed by atoms with Crippen molar-refractivity contribution in [2.75, 3.05) is 5.43 Å². The SMILES string of the molecule is Cc1cc(F)ccc1-c1nccnc1NN. The number of nitrogens with zero attached hydrogens (tertiary/aromatic N) is 2. The molecule has 0 saturated heterocycles. The number of hydrazine groups is 1. The van der Waals surface area contributed by atoms with Gasteiger partial charge in [-0.1, -0.05) is 0 Å². The molecule has 0 bridgehead atoms. The van der Waals surface area contributed by atoms with Gasteiger partial charge in [0.1, 0.15) is 11.5 Å². The van der Waals surface area contributed by atoms with E-state index >= 15 is 0 Å². The third-order valence-electron chi connectivity index (χ3n) is 2.28. The van der Waals surface area contributed by atoms with Gasteiger partial charge in [0, 0.05) is 18.0 Å². The monoisotopic (exact) mass is 218 g/mol. The van der Waals surface area contributed by atoms with Crippen LogP contribution in [0, 0.1) is 12.7 Å². The maximum Gasteiger partial charge on any atom is 0.166 e. The van der Waals surface area contributed by atoms with Gasteiger partial charge in [0.05, 0.1) is 0 Å². The van der Waals surface area contributed by atoms with Crippen LogP contribution in [-0.4, -0.2) is 9.97 Å². The summed E-state index contributed by atoms with van der Waals surface area (Å²) >= 11 is 0. The van der Waals surface area contributed by atoms with Crippen molar-refractivity contribution in [2.24, 2.45) is 5.84 Å². The summed E-state index contributed by atoms with van der Waals surface area (Å²) in [4.78, 5) is 8.23. The fourth-order valence-corrected chi connectivity index (χ4v) is 1.53. The first-order valence-corrected chi connectivity index (χ1v) is 4.76. The van der Waals surface area contributed by atoms with Crippen LogP contribution in [0.15, 0.2) is 30.6 Å². The normalized spacial score (nSPS) is 10.2. The number of hydrogen-bond donors (Lipinski definition) is 2. The van der Waals surface area contributed by atoms with E-state index in [2.05, 4.69) is 15.4 Å². The van der Waals surface area contributed by atoms with Crippen molar-refractivity contribution in [2.45, 2.75) is 6.92 Å². The number of benzene rings is 1. The Kier molecular flexibility index (Phi) is 2.78. The molecule has 4 nitrogen and oxygen atoms in total. The minimum atomic E-state index is -0.271. The highest BCUT2D eigenvalue weighted by Gasteiger charge is 2.09. The van der Waals surface area contributed by atoms with Crippen molar-refractivity contribution in [3.63, 3.8) is 0 Å². The quantitative estimate of drug-likeness (QED) is 0.596. The van der Waals surface area contributed by atoms with E-state index in [4.69, 9.17) is 5.84 Å². The van der Waals surface area contributed by atoms with E-state index in [1.54, 1.807) is 12.3 Å². The molecular weight excluding hydrogens is 207 g/mol. The lowest BCUT2D eigenvalue weighted by Crippen LogP contribution is -2.10. The molecular formula is C11H11FN4. The minimum Gasteiger partial charge on any atom is -0.307 e. The van der Waals surface area contributed by atoms with Crippen LogP contribution in [0.2, 0.25) is 0 Å². The van der Waals surface area contributed by atoms with Gasteiger partial charge in [-0.05, 0) is 30.7 Å². The van der Waals surface area contributed by atoms with Crippen molar-refractivity contribution in [3.05, 3.63) is 42.0 Å². The van der Waals surface area contributed by atoms with E-state index in [-0.39, 0.29) is 5.82 Å². The predicted molar refractivity (Wildman–Crippen MR) is 60.0 cm³/mol. The third-order valence-corrected chi connectivity index (χ3v) is 2.28. The van der Waals surface area contributed by atoms with Gasteiger partial charge in [-0.15, -0.1) is 0 Å². The second-order valence-corrected chi connectivity index (χ2v) is 3.36. The summed E-state index contributed by atoms with van der Waals surface area (Å²) in [5.41, 5.74) is 4.68. The first-order chi connectivity index (χ1) is 7.72. The molecule has 0 aliphatic rings. The van der Waals surface area contributed by atoms with Crippen molar-refractivity contribution >= 4 is 5.82 Å². The van der Waals surface area contributed by atoms with E-state index in [9.17, 15) is 4.39 Å². The van der Waals surface area contributed by atoms with Crippen molar-refractivity contribution in [1.82, 2.24) is 9.97 Å². The van der Waals surface area contributed by atoms with Crippen LogP contribution < -0.4 is 11.3 Å². The summed E-state index contributed by atoms with van der Waals surface area (Å²) in [5.74, 6) is 5.54. The lowest BCUT2D eigenvalue weighted by molar-refractivity contribution is 0.627. The molecule has 0 aliphatic heterocycles. The average molecular weight is 218 g/mol. The molecule has 1 aromatic heterocycles. The Balaban J connectivity index is 2.58. The van der Waals surface area contributed by atoms with Crippen molar-refractivity contribution in [1.29, 1.82) is 0 Å². The molecule has 0 fully saturated rings. The highest BCUT2D eigenvalue weighted by Crippen LogP contribution is 2.26. The fraction of sp³-hybridized carbons (Fsp3) is 0.0909. The van der Waals surface area contributed by atoms with E-state index in [0.717, 1.165) is 11.1 Å². The largest absolute Gasteiger partial charge is 0.307 e. The number of aryl methyl sites for hydroxylation is 1. The molecule has 0 atom stereocenters. The molecule has 0 aliphatic carbocycles. The zero-order valence-corrected chi connectivity index (χ0v) is 8.74. The Labute approximate surface area is 92.3 Å². The van der Waals surface area contributed by atoms with E-state index in [1.807, 2.05) is 6.92 Å². The number of anilines is 1. The van der Waals surface area contributed by atoms with Gasteiger partial charge in [0.2, 0.25) is 0 Å². The molecule has 2 rings (SSSR count). The number of halogens is 1. The van der Waals surface area contributed by atoms with Gasteiger partial charge in [-0.25, -0.2) is 15.2 Å². The standard InChI is InChI=1S/C11H11FN4/c1-7-6-8(12)2-3-9(7)10-11(16-13)15-5-4-14-10/h2-6H,13H2,1H3,(H,15,16). The van der Waals surface area contributed by atoms with E-state index < -0.39 is 0 Å². The lowest BCUT2D eigenvalue weighted by Gasteiger charge is -2.08. The summed E-state index contributed by atoms with van der Waals surface area (Å²) in [5, 5.41) is 0. The highest BCUT2D eigenvalue weighted by molar-refractivity contribution is 5.73.